The lowest BCUT2D eigenvalue weighted by Crippen LogP contribution is -2.28. The molecule has 0 amide bonds. The van der Waals surface area contributed by atoms with Gasteiger partial charge in [0.15, 0.2) is 0 Å². The summed E-state index contributed by atoms with van der Waals surface area (Å²) in [6.07, 6.45) is -2.89. The van der Waals surface area contributed by atoms with Gasteiger partial charge in [-0.3, -0.25) is 0 Å². The van der Waals surface area contributed by atoms with E-state index in [0.717, 1.165) is 12.4 Å². The molecule has 0 radical (unpaired) electrons. The summed E-state index contributed by atoms with van der Waals surface area (Å²) in [5.41, 5.74) is 4.17. The molecule has 3 N–H and O–H groups in total. The highest BCUT2D eigenvalue weighted by Gasteiger charge is 2.39. The Morgan fingerprint density at radius 3 is 2.25 bits per heavy atom. The summed E-state index contributed by atoms with van der Waals surface area (Å²) in [4.78, 5) is 2.20. The van der Waals surface area contributed by atoms with Crippen molar-refractivity contribution in [1.82, 2.24) is 4.98 Å². The van der Waals surface area contributed by atoms with E-state index in [-0.39, 0.29) is 0 Å². The standard InChI is InChI=1S/C6H6F4N2/c7-4-2-12-1-3(4)5(11)6(8,9)10/h1-2,5,12H,11H2/t5-/m1/s1. The van der Waals surface area contributed by atoms with Gasteiger partial charge in [-0.2, -0.15) is 13.2 Å². The molecule has 12 heavy (non-hydrogen) atoms. The molecule has 0 aromatic carbocycles. The van der Waals surface area contributed by atoms with Crippen LogP contribution in [0.25, 0.3) is 0 Å². The number of aromatic amines is 1. The van der Waals surface area contributed by atoms with E-state index in [4.69, 9.17) is 5.73 Å². The van der Waals surface area contributed by atoms with Crippen LogP contribution in [0.2, 0.25) is 0 Å². The van der Waals surface area contributed by atoms with Gasteiger partial charge >= 0.3 is 6.18 Å². The quantitative estimate of drug-likeness (QED) is 0.638. The van der Waals surface area contributed by atoms with Gasteiger partial charge in [-0.05, 0) is 0 Å². The van der Waals surface area contributed by atoms with Crippen molar-refractivity contribution in [1.29, 1.82) is 0 Å². The van der Waals surface area contributed by atoms with Crippen molar-refractivity contribution in [3.05, 3.63) is 23.8 Å². The zero-order chi connectivity index (χ0) is 9.35. The lowest BCUT2D eigenvalue weighted by atomic mass is 10.1. The Morgan fingerprint density at radius 2 is 1.92 bits per heavy atom. The van der Waals surface area contributed by atoms with E-state index in [1.807, 2.05) is 0 Å². The van der Waals surface area contributed by atoms with E-state index in [2.05, 4.69) is 4.98 Å². The topological polar surface area (TPSA) is 41.8 Å². The number of aromatic nitrogens is 1. The fraction of sp³-hybridized carbons (Fsp3) is 0.333. The molecule has 1 heterocycles. The van der Waals surface area contributed by atoms with Crippen molar-refractivity contribution in [2.75, 3.05) is 0 Å². The molecule has 0 aliphatic heterocycles. The molecular formula is C6H6F4N2. The van der Waals surface area contributed by atoms with Crippen molar-refractivity contribution in [3.63, 3.8) is 0 Å². The summed E-state index contributed by atoms with van der Waals surface area (Å²) in [5, 5.41) is 0. The summed E-state index contributed by atoms with van der Waals surface area (Å²) in [5.74, 6) is -0.972. The monoisotopic (exact) mass is 182 g/mol. The summed E-state index contributed by atoms with van der Waals surface area (Å²) < 4.78 is 48.2. The molecular weight excluding hydrogens is 176 g/mol. The van der Waals surface area contributed by atoms with Crippen molar-refractivity contribution in [2.45, 2.75) is 12.2 Å². The molecule has 0 spiro atoms. The van der Waals surface area contributed by atoms with E-state index >= 15 is 0 Å². The SMILES string of the molecule is N[C@H](c1c[nH]cc1F)C(F)(F)F. The Morgan fingerprint density at radius 1 is 1.33 bits per heavy atom. The highest BCUT2D eigenvalue weighted by atomic mass is 19.4. The van der Waals surface area contributed by atoms with Gasteiger partial charge in [0.2, 0.25) is 0 Å². The van der Waals surface area contributed by atoms with E-state index in [0.29, 0.717) is 0 Å². The lowest BCUT2D eigenvalue weighted by Gasteiger charge is -2.13. The normalized spacial score (nSPS) is 14.8. The van der Waals surface area contributed by atoms with Gasteiger partial charge in [0, 0.05) is 18.0 Å². The maximum absolute atomic E-state index is 12.5. The first kappa shape index (κ1) is 9.05. The minimum absolute atomic E-state index is 0.567. The lowest BCUT2D eigenvalue weighted by molar-refractivity contribution is -0.149. The van der Waals surface area contributed by atoms with Crippen LogP contribution in [0.4, 0.5) is 17.6 Å². The molecule has 2 nitrogen and oxygen atoms in total. The average Bonchev–Trinajstić information content (AvgIpc) is 2.31. The fourth-order valence-corrected chi connectivity index (χ4v) is 0.772. The van der Waals surface area contributed by atoms with Gasteiger partial charge < -0.3 is 10.7 Å². The van der Waals surface area contributed by atoms with Gasteiger partial charge in [0.25, 0.3) is 0 Å². The van der Waals surface area contributed by atoms with Crippen LogP contribution >= 0.6 is 0 Å². The predicted molar refractivity (Wildman–Crippen MR) is 33.7 cm³/mol. The number of rotatable bonds is 1. The minimum atomic E-state index is -4.61. The van der Waals surface area contributed by atoms with Crippen LogP contribution in [-0.2, 0) is 0 Å². The Bertz CT molecular complexity index is 265. The predicted octanol–water partition coefficient (Wildman–Crippen LogP) is 1.72. The molecule has 0 aliphatic carbocycles. The molecule has 1 atom stereocenters. The first-order valence-electron chi connectivity index (χ1n) is 3.07. The van der Waals surface area contributed by atoms with Gasteiger partial charge in [-0.15, -0.1) is 0 Å². The number of H-pyrrole nitrogens is 1. The minimum Gasteiger partial charge on any atom is -0.365 e. The highest BCUT2D eigenvalue weighted by Crippen LogP contribution is 2.31. The molecule has 0 bridgehead atoms. The third kappa shape index (κ3) is 1.58. The Hall–Kier alpha value is -1.04. The van der Waals surface area contributed by atoms with Gasteiger partial charge in [0.1, 0.15) is 11.9 Å². The van der Waals surface area contributed by atoms with Gasteiger partial charge in [0.05, 0.1) is 0 Å². The molecule has 0 saturated carbocycles. The first-order chi connectivity index (χ1) is 5.43. The van der Waals surface area contributed by atoms with Crippen LogP contribution in [0.3, 0.4) is 0 Å². The maximum Gasteiger partial charge on any atom is 0.407 e. The summed E-state index contributed by atoms with van der Waals surface area (Å²) in [7, 11) is 0. The summed E-state index contributed by atoms with van der Waals surface area (Å²) in [6, 6.07) is -2.26. The second kappa shape index (κ2) is 2.78. The van der Waals surface area contributed by atoms with Crippen LogP contribution in [0, 0.1) is 5.82 Å². The Kier molecular flexibility index (Phi) is 2.10. The van der Waals surface area contributed by atoms with Crippen LogP contribution in [-0.4, -0.2) is 11.2 Å². The molecule has 1 rings (SSSR count). The third-order valence-corrected chi connectivity index (χ3v) is 1.41. The third-order valence-electron chi connectivity index (χ3n) is 1.41. The van der Waals surface area contributed by atoms with Crippen LogP contribution < -0.4 is 5.73 Å². The van der Waals surface area contributed by atoms with Crippen LogP contribution in [0.1, 0.15) is 11.6 Å². The molecule has 1 aromatic heterocycles. The molecule has 0 fully saturated rings. The first-order valence-corrected chi connectivity index (χ1v) is 3.07. The highest BCUT2D eigenvalue weighted by molar-refractivity contribution is 5.17. The fourth-order valence-electron chi connectivity index (χ4n) is 0.772. The van der Waals surface area contributed by atoms with E-state index in [9.17, 15) is 17.6 Å². The largest absolute Gasteiger partial charge is 0.407 e. The smallest absolute Gasteiger partial charge is 0.365 e. The van der Waals surface area contributed by atoms with Gasteiger partial charge in [-0.1, -0.05) is 0 Å². The average molecular weight is 182 g/mol. The number of hydrogen-bond acceptors (Lipinski definition) is 1. The molecule has 1 aromatic rings. The molecule has 0 unspecified atom stereocenters. The number of nitrogens with two attached hydrogens (primary N) is 1. The molecule has 0 aliphatic rings. The zero-order valence-corrected chi connectivity index (χ0v) is 5.82. The van der Waals surface area contributed by atoms with Gasteiger partial charge in [-0.25, -0.2) is 4.39 Å². The Balaban J connectivity index is 2.92. The Labute approximate surface area is 65.4 Å². The number of hydrogen-bond donors (Lipinski definition) is 2. The van der Waals surface area contributed by atoms with Crippen molar-refractivity contribution >= 4 is 0 Å². The summed E-state index contributed by atoms with van der Waals surface area (Å²) in [6.45, 7) is 0. The van der Waals surface area contributed by atoms with E-state index in [1.54, 1.807) is 0 Å². The number of halogens is 4. The van der Waals surface area contributed by atoms with E-state index in [1.165, 1.54) is 0 Å². The van der Waals surface area contributed by atoms with Crippen molar-refractivity contribution < 1.29 is 17.6 Å². The second-order valence-corrected chi connectivity index (χ2v) is 2.28. The van der Waals surface area contributed by atoms with Crippen molar-refractivity contribution in [2.24, 2.45) is 5.73 Å². The zero-order valence-electron chi connectivity index (χ0n) is 5.82. The molecule has 0 saturated heterocycles. The van der Waals surface area contributed by atoms with Crippen LogP contribution in [0.15, 0.2) is 12.4 Å². The maximum atomic E-state index is 12.5. The molecule has 6 heteroatoms. The van der Waals surface area contributed by atoms with Crippen molar-refractivity contribution in [3.8, 4) is 0 Å². The van der Waals surface area contributed by atoms with Crippen LogP contribution in [0.5, 0.6) is 0 Å². The second-order valence-electron chi connectivity index (χ2n) is 2.28. The molecule has 68 valence electrons. The van der Waals surface area contributed by atoms with E-state index < -0.39 is 23.6 Å². The summed E-state index contributed by atoms with van der Waals surface area (Å²) >= 11 is 0. The number of nitrogens with one attached hydrogen (secondary N) is 1. The number of alkyl halides is 3.